The average molecular weight is 176 g/mol. The Morgan fingerprint density at radius 2 is 1.69 bits per heavy atom. The minimum atomic E-state index is -0.739. The molecule has 1 nitrogen and oxygen atoms in total. The summed E-state index contributed by atoms with van der Waals surface area (Å²) in [7, 11) is 0. The molecule has 0 radical (unpaired) electrons. The number of hydrogen-bond donors (Lipinski definition) is 1. The summed E-state index contributed by atoms with van der Waals surface area (Å²) >= 11 is 0. The van der Waals surface area contributed by atoms with Crippen LogP contribution in [0.25, 0.3) is 0 Å². The maximum absolute atomic E-state index is 10.0. The van der Waals surface area contributed by atoms with E-state index < -0.39 is 5.60 Å². The molecule has 13 heavy (non-hydrogen) atoms. The van der Waals surface area contributed by atoms with Crippen molar-refractivity contribution < 1.29 is 5.11 Å². The van der Waals surface area contributed by atoms with Crippen LogP contribution in [0.1, 0.15) is 32.1 Å². The van der Waals surface area contributed by atoms with Crippen molar-refractivity contribution in [2.45, 2.75) is 37.7 Å². The SMILES string of the molecule is C#CC1(O)CC2C3CCC(C3)C2C1. The van der Waals surface area contributed by atoms with Gasteiger partial charge in [-0.1, -0.05) is 5.92 Å². The van der Waals surface area contributed by atoms with Crippen LogP contribution in [0.4, 0.5) is 0 Å². The topological polar surface area (TPSA) is 20.2 Å². The molecule has 0 amide bonds. The average Bonchev–Trinajstić information content (AvgIpc) is 2.73. The second-order valence-corrected chi connectivity index (χ2v) is 5.25. The molecule has 2 bridgehead atoms. The summed E-state index contributed by atoms with van der Waals surface area (Å²) in [4.78, 5) is 0. The Balaban J connectivity index is 1.88. The molecule has 0 aromatic rings. The van der Waals surface area contributed by atoms with Crippen LogP contribution < -0.4 is 0 Å². The van der Waals surface area contributed by atoms with Gasteiger partial charge in [0.1, 0.15) is 5.60 Å². The van der Waals surface area contributed by atoms with E-state index in [1.54, 1.807) is 0 Å². The third kappa shape index (κ3) is 0.929. The Kier molecular flexibility index (Phi) is 1.40. The fourth-order valence-electron chi connectivity index (χ4n) is 4.15. The summed E-state index contributed by atoms with van der Waals surface area (Å²) in [6, 6.07) is 0. The van der Waals surface area contributed by atoms with Gasteiger partial charge in [-0.25, -0.2) is 0 Å². The van der Waals surface area contributed by atoms with E-state index in [0.717, 1.165) is 36.5 Å². The highest BCUT2D eigenvalue weighted by Crippen LogP contribution is 2.60. The fourth-order valence-corrected chi connectivity index (χ4v) is 4.15. The first-order valence-electron chi connectivity index (χ1n) is 5.42. The van der Waals surface area contributed by atoms with Gasteiger partial charge in [0.15, 0.2) is 0 Å². The van der Waals surface area contributed by atoms with E-state index in [1.165, 1.54) is 19.3 Å². The molecule has 4 atom stereocenters. The maximum atomic E-state index is 10.0. The molecule has 3 saturated carbocycles. The van der Waals surface area contributed by atoms with Gasteiger partial charge in [-0.3, -0.25) is 0 Å². The highest BCUT2D eigenvalue weighted by atomic mass is 16.3. The molecule has 3 rings (SSSR count). The summed E-state index contributed by atoms with van der Waals surface area (Å²) in [5.74, 6) is 5.92. The van der Waals surface area contributed by atoms with Crippen LogP contribution in [0.3, 0.4) is 0 Å². The maximum Gasteiger partial charge on any atom is 0.125 e. The van der Waals surface area contributed by atoms with Crippen molar-refractivity contribution >= 4 is 0 Å². The third-order valence-corrected chi connectivity index (χ3v) is 4.69. The lowest BCUT2D eigenvalue weighted by Crippen LogP contribution is -2.23. The first-order valence-corrected chi connectivity index (χ1v) is 5.42. The number of hydrogen-bond acceptors (Lipinski definition) is 1. The van der Waals surface area contributed by atoms with Gasteiger partial charge < -0.3 is 5.11 Å². The van der Waals surface area contributed by atoms with Crippen LogP contribution in [-0.2, 0) is 0 Å². The van der Waals surface area contributed by atoms with Crippen molar-refractivity contribution in [3.8, 4) is 12.3 Å². The van der Waals surface area contributed by atoms with E-state index in [0.29, 0.717) is 0 Å². The van der Waals surface area contributed by atoms with Crippen LogP contribution in [0.15, 0.2) is 0 Å². The molecule has 3 fully saturated rings. The van der Waals surface area contributed by atoms with Crippen molar-refractivity contribution in [1.82, 2.24) is 0 Å². The van der Waals surface area contributed by atoms with Gasteiger partial charge in [0, 0.05) is 0 Å². The monoisotopic (exact) mass is 176 g/mol. The lowest BCUT2D eigenvalue weighted by Gasteiger charge is -2.23. The summed E-state index contributed by atoms with van der Waals surface area (Å²) in [5, 5.41) is 10.0. The lowest BCUT2D eigenvalue weighted by molar-refractivity contribution is 0.0958. The normalized spacial score (nSPS) is 57.8. The molecule has 3 aliphatic carbocycles. The van der Waals surface area contributed by atoms with Crippen molar-refractivity contribution in [3.63, 3.8) is 0 Å². The summed E-state index contributed by atoms with van der Waals surface area (Å²) in [6.07, 6.45) is 11.4. The van der Waals surface area contributed by atoms with Gasteiger partial charge in [0.05, 0.1) is 0 Å². The van der Waals surface area contributed by atoms with Crippen LogP contribution >= 0.6 is 0 Å². The molecule has 0 aromatic heterocycles. The van der Waals surface area contributed by atoms with E-state index >= 15 is 0 Å². The Bertz CT molecular complexity index is 257. The zero-order chi connectivity index (χ0) is 9.05. The van der Waals surface area contributed by atoms with E-state index in [4.69, 9.17) is 6.42 Å². The van der Waals surface area contributed by atoms with Gasteiger partial charge in [0.2, 0.25) is 0 Å². The number of aliphatic hydroxyl groups is 1. The van der Waals surface area contributed by atoms with Crippen molar-refractivity contribution in [2.75, 3.05) is 0 Å². The molecule has 3 aliphatic rings. The van der Waals surface area contributed by atoms with Crippen molar-refractivity contribution in [1.29, 1.82) is 0 Å². The van der Waals surface area contributed by atoms with Crippen molar-refractivity contribution in [2.24, 2.45) is 23.7 Å². The molecule has 0 aliphatic heterocycles. The second kappa shape index (κ2) is 2.30. The summed E-state index contributed by atoms with van der Waals surface area (Å²) in [5.41, 5.74) is -0.739. The Hall–Kier alpha value is -0.480. The quantitative estimate of drug-likeness (QED) is 0.558. The first-order chi connectivity index (χ1) is 6.22. The third-order valence-electron chi connectivity index (χ3n) is 4.69. The Morgan fingerprint density at radius 3 is 2.15 bits per heavy atom. The van der Waals surface area contributed by atoms with Gasteiger partial charge in [-0.2, -0.15) is 0 Å². The molecule has 0 aromatic carbocycles. The number of fused-ring (bicyclic) bond motifs is 5. The Labute approximate surface area is 79.5 Å². The van der Waals surface area contributed by atoms with E-state index in [9.17, 15) is 5.11 Å². The fraction of sp³-hybridized carbons (Fsp3) is 0.833. The van der Waals surface area contributed by atoms with Crippen LogP contribution in [0.5, 0.6) is 0 Å². The van der Waals surface area contributed by atoms with Gasteiger partial charge in [-0.15, -0.1) is 6.42 Å². The van der Waals surface area contributed by atoms with Gasteiger partial charge >= 0.3 is 0 Å². The molecule has 0 spiro atoms. The Morgan fingerprint density at radius 1 is 1.15 bits per heavy atom. The largest absolute Gasteiger partial charge is 0.378 e. The predicted molar refractivity (Wildman–Crippen MR) is 50.8 cm³/mol. The molecule has 70 valence electrons. The summed E-state index contributed by atoms with van der Waals surface area (Å²) in [6.45, 7) is 0. The first kappa shape index (κ1) is 7.88. The molecular weight excluding hydrogens is 160 g/mol. The van der Waals surface area contributed by atoms with Crippen LogP contribution in [-0.4, -0.2) is 10.7 Å². The zero-order valence-corrected chi connectivity index (χ0v) is 7.87. The molecule has 4 unspecified atom stereocenters. The molecular formula is C12H16O. The minimum absolute atomic E-state index is 0.739. The standard InChI is InChI=1S/C12H16O/c1-2-12(13)6-10-8-3-4-9(5-8)11(10)7-12/h1,8-11,13H,3-7H2. The van der Waals surface area contributed by atoms with E-state index in [-0.39, 0.29) is 0 Å². The van der Waals surface area contributed by atoms with Crippen LogP contribution in [0, 0.1) is 36.0 Å². The van der Waals surface area contributed by atoms with Crippen molar-refractivity contribution in [3.05, 3.63) is 0 Å². The van der Waals surface area contributed by atoms with Gasteiger partial charge in [-0.05, 0) is 55.8 Å². The highest BCUT2D eigenvalue weighted by Gasteiger charge is 2.55. The smallest absolute Gasteiger partial charge is 0.125 e. The highest BCUT2D eigenvalue weighted by molar-refractivity contribution is 5.17. The van der Waals surface area contributed by atoms with E-state index in [2.05, 4.69) is 5.92 Å². The zero-order valence-electron chi connectivity index (χ0n) is 7.87. The number of terminal acetylenes is 1. The van der Waals surface area contributed by atoms with Gasteiger partial charge in [0.25, 0.3) is 0 Å². The molecule has 0 heterocycles. The predicted octanol–water partition coefficient (Wildman–Crippen LogP) is 1.81. The lowest BCUT2D eigenvalue weighted by atomic mass is 9.82. The molecule has 1 heteroatoms. The minimum Gasteiger partial charge on any atom is -0.378 e. The molecule has 1 N–H and O–H groups in total. The summed E-state index contributed by atoms with van der Waals surface area (Å²) < 4.78 is 0. The second-order valence-electron chi connectivity index (χ2n) is 5.25. The van der Waals surface area contributed by atoms with E-state index in [1.807, 2.05) is 0 Å². The van der Waals surface area contributed by atoms with Crippen LogP contribution in [0.2, 0.25) is 0 Å². The molecule has 0 saturated heterocycles. The number of rotatable bonds is 0.